The summed E-state index contributed by atoms with van der Waals surface area (Å²) in [6.45, 7) is 6.05. The van der Waals surface area contributed by atoms with Gasteiger partial charge < -0.3 is 4.90 Å². The number of hydrogen-bond acceptors (Lipinski definition) is 2. The second-order valence-electron chi connectivity index (χ2n) is 9.73. The molecule has 180 valence electrons. The molecule has 1 aliphatic rings. The van der Waals surface area contributed by atoms with E-state index in [4.69, 9.17) is 16.6 Å². The van der Waals surface area contributed by atoms with Crippen LogP contribution in [0.15, 0.2) is 108 Å². The van der Waals surface area contributed by atoms with E-state index in [1.165, 1.54) is 0 Å². The maximum Gasteiger partial charge on any atom is 0.255 e. The van der Waals surface area contributed by atoms with Gasteiger partial charge in [-0.15, -0.1) is 0 Å². The molecule has 4 aromatic rings. The van der Waals surface area contributed by atoms with Gasteiger partial charge in [-0.2, -0.15) is 0 Å². The zero-order valence-electron chi connectivity index (χ0n) is 20.8. The summed E-state index contributed by atoms with van der Waals surface area (Å²) in [6, 6.07) is 34.3. The fourth-order valence-electron chi connectivity index (χ4n) is 5.02. The molecule has 0 N–H and O–H groups in total. The smallest absolute Gasteiger partial charge is 0.255 e. The van der Waals surface area contributed by atoms with E-state index >= 15 is 0 Å². The lowest BCUT2D eigenvalue weighted by atomic mass is 9.87. The van der Waals surface area contributed by atoms with Gasteiger partial charge in [0, 0.05) is 28.6 Å². The minimum absolute atomic E-state index is 0.0186. The molecule has 0 aromatic heterocycles. The minimum atomic E-state index is -1.02. The number of anilines is 1. The van der Waals surface area contributed by atoms with Crippen molar-refractivity contribution in [3.05, 3.63) is 125 Å². The molecule has 0 unspecified atom stereocenters. The summed E-state index contributed by atoms with van der Waals surface area (Å²) in [5.74, 6) is -0.0186. The monoisotopic (exact) mass is 492 g/mol. The standard InChI is InChI=1S/C32H29ClN2O/c1-22(2)35-29-19-18-26(33)20-28(29)30(24-14-8-5-9-15-24)34-32(3,31(35)36)21-25-16-10-11-17-27(25)23-12-6-4-7-13-23/h4-20,22H,21H2,1-3H3/t32-/m1/s1. The summed E-state index contributed by atoms with van der Waals surface area (Å²) in [5.41, 5.74) is 5.75. The van der Waals surface area contributed by atoms with Crippen LogP contribution in [-0.4, -0.2) is 23.2 Å². The molecule has 0 spiro atoms. The average molecular weight is 493 g/mol. The number of nitrogens with zero attached hydrogens (tertiary/aromatic N) is 2. The molecule has 1 aliphatic heterocycles. The second-order valence-corrected chi connectivity index (χ2v) is 10.2. The van der Waals surface area contributed by atoms with E-state index < -0.39 is 5.54 Å². The Morgan fingerprint density at radius 1 is 0.806 bits per heavy atom. The number of halogens is 1. The van der Waals surface area contributed by atoms with Crippen LogP contribution in [0.4, 0.5) is 5.69 Å². The molecule has 4 heteroatoms. The second kappa shape index (κ2) is 9.75. The predicted octanol–water partition coefficient (Wildman–Crippen LogP) is 7.60. The number of fused-ring (bicyclic) bond motifs is 1. The third-order valence-corrected chi connectivity index (χ3v) is 6.95. The van der Waals surface area contributed by atoms with Crippen molar-refractivity contribution < 1.29 is 4.79 Å². The highest BCUT2D eigenvalue weighted by molar-refractivity contribution is 6.32. The summed E-state index contributed by atoms with van der Waals surface area (Å²) in [4.78, 5) is 21.5. The van der Waals surface area contributed by atoms with E-state index in [1.54, 1.807) is 0 Å². The molecule has 0 fully saturated rings. The number of hydrogen-bond donors (Lipinski definition) is 0. The van der Waals surface area contributed by atoms with Crippen molar-refractivity contribution in [2.24, 2.45) is 4.99 Å². The Balaban J connectivity index is 1.73. The SMILES string of the molecule is CC(C)N1C(=O)[C@@](C)(Cc2ccccc2-c2ccccc2)N=C(c2ccccc2)c2cc(Cl)ccc21. The lowest BCUT2D eigenvalue weighted by molar-refractivity contribution is -0.123. The van der Waals surface area contributed by atoms with Crippen molar-refractivity contribution in [2.45, 2.75) is 38.8 Å². The van der Waals surface area contributed by atoms with E-state index in [9.17, 15) is 4.79 Å². The Kier molecular flexibility index (Phi) is 6.51. The average Bonchev–Trinajstić information content (AvgIpc) is 2.98. The minimum Gasteiger partial charge on any atom is -0.307 e. The molecule has 0 saturated heterocycles. The van der Waals surface area contributed by atoms with Gasteiger partial charge in [-0.1, -0.05) is 96.5 Å². The first kappa shape index (κ1) is 24.0. The van der Waals surface area contributed by atoms with E-state index in [-0.39, 0.29) is 11.9 Å². The van der Waals surface area contributed by atoms with Gasteiger partial charge in [0.2, 0.25) is 0 Å². The van der Waals surface area contributed by atoms with Crippen molar-refractivity contribution in [1.29, 1.82) is 0 Å². The highest BCUT2D eigenvalue weighted by atomic mass is 35.5. The van der Waals surface area contributed by atoms with Crippen LogP contribution in [0.3, 0.4) is 0 Å². The highest BCUT2D eigenvalue weighted by Gasteiger charge is 2.42. The number of aliphatic imine (C=N–C) groups is 1. The van der Waals surface area contributed by atoms with Gasteiger partial charge in [-0.3, -0.25) is 9.79 Å². The number of benzene rings is 4. The van der Waals surface area contributed by atoms with Gasteiger partial charge in [0.1, 0.15) is 5.54 Å². The summed E-state index contributed by atoms with van der Waals surface area (Å²) in [6.07, 6.45) is 0.470. The van der Waals surface area contributed by atoms with Crippen LogP contribution in [0.25, 0.3) is 11.1 Å². The van der Waals surface area contributed by atoms with Crippen molar-refractivity contribution >= 4 is 28.9 Å². The number of carbonyl (C=O) groups is 1. The molecule has 4 aromatic carbocycles. The van der Waals surface area contributed by atoms with Crippen molar-refractivity contribution in [1.82, 2.24) is 0 Å². The van der Waals surface area contributed by atoms with E-state index in [2.05, 4.69) is 24.3 Å². The van der Waals surface area contributed by atoms with Crippen LogP contribution < -0.4 is 4.90 Å². The number of carbonyl (C=O) groups excluding carboxylic acids is 1. The van der Waals surface area contributed by atoms with Crippen LogP contribution in [-0.2, 0) is 11.2 Å². The number of benzodiazepines with no additional fused rings is 1. The molecule has 0 aliphatic carbocycles. The van der Waals surface area contributed by atoms with Crippen molar-refractivity contribution in [3.8, 4) is 11.1 Å². The van der Waals surface area contributed by atoms with E-state index in [1.807, 2.05) is 105 Å². The van der Waals surface area contributed by atoms with Crippen molar-refractivity contribution in [3.63, 3.8) is 0 Å². The fourth-order valence-corrected chi connectivity index (χ4v) is 5.19. The highest BCUT2D eigenvalue weighted by Crippen LogP contribution is 2.37. The van der Waals surface area contributed by atoms with Gasteiger partial charge in [0.05, 0.1) is 11.4 Å². The Labute approximate surface area is 218 Å². The lowest BCUT2D eigenvalue weighted by Crippen LogP contribution is -2.50. The molecule has 0 bridgehead atoms. The summed E-state index contributed by atoms with van der Waals surface area (Å²) in [7, 11) is 0. The fraction of sp³-hybridized carbons (Fsp3) is 0.188. The zero-order chi connectivity index (χ0) is 25.3. The number of rotatable bonds is 5. The first-order valence-corrected chi connectivity index (χ1v) is 12.7. The molecular formula is C32H29ClN2O. The predicted molar refractivity (Wildman–Crippen MR) is 150 cm³/mol. The normalized spacial score (nSPS) is 17.5. The lowest BCUT2D eigenvalue weighted by Gasteiger charge is -2.33. The first-order valence-electron chi connectivity index (χ1n) is 12.3. The third-order valence-electron chi connectivity index (χ3n) is 6.71. The summed E-state index contributed by atoms with van der Waals surface area (Å²) >= 11 is 6.48. The van der Waals surface area contributed by atoms with Gasteiger partial charge in [0.25, 0.3) is 5.91 Å². The molecule has 1 amide bonds. The van der Waals surface area contributed by atoms with Crippen LogP contribution >= 0.6 is 11.6 Å². The van der Waals surface area contributed by atoms with Gasteiger partial charge in [0.15, 0.2) is 0 Å². The Hall–Kier alpha value is -3.69. The van der Waals surface area contributed by atoms with Crippen LogP contribution in [0.5, 0.6) is 0 Å². The quantitative estimate of drug-likeness (QED) is 0.282. The Bertz CT molecular complexity index is 1430. The molecular weight excluding hydrogens is 464 g/mol. The largest absolute Gasteiger partial charge is 0.307 e. The molecule has 1 atom stereocenters. The topological polar surface area (TPSA) is 32.7 Å². The van der Waals surface area contributed by atoms with Crippen LogP contribution in [0.1, 0.15) is 37.5 Å². The first-order chi connectivity index (χ1) is 17.4. The number of amides is 1. The molecule has 3 nitrogen and oxygen atoms in total. The van der Waals surface area contributed by atoms with Crippen molar-refractivity contribution in [2.75, 3.05) is 4.90 Å². The van der Waals surface area contributed by atoms with E-state index in [0.29, 0.717) is 11.4 Å². The van der Waals surface area contributed by atoms with Gasteiger partial charge in [-0.05, 0) is 55.7 Å². The summed E-state index contributed by atoms with van der Waals surface area (Å²) in [5, 5.41) is 0.617. The Morgan fingerprint density at radius 2 is 1.42 bits per heavy atom. The van der Waals surface area contributed by atoms with Gasteiger partial charge >= 0.3 is 0 Å². The van der Waals surface area contributed by atoms with Crippen LogP contribution in [0.2, 0.25) is 5.02 Å². The molecule has 5 rings (SSSR count). The summed E-state index contributed by atoms with van der Waals surface area (Å²) < 4.78 is 0. The molecule has 0 radical (unpaired) electrons. The molecule has 0 saturated carbocycles. The van der Waals surface area contributed by atoms with E-state index in [0.717, 1.165) is 39.2 Å². The zero-order valence-corrected chi connectivity index (χ0v) is 21.5. The third kappa shape index (κ3) is 4.47. The van der Waals surface area contributed by atoms with Crippen LogP contribution in [0, 0.1) is 0 Å². The molecule has 36 heavy (non-hydrogen) atoms. The molecule has 1 heterocycles. The van der Waals surface area contributed by atoms with Gasteiger partial charge in [-0.25, -0.2) is 0 Å². The maximum atomic E-state index is 14.4. The Morgan fingerprint density at radius 3 is 2.08 bits per heavy atom. The maximum absolute atomic E-state index is 14.4.